The summed E-state index contributed by atoms with van der Waals surface area (Å²) in [6.45, 7) is 0.500. The first kappa shape index (κ1) is 21.7. The van der Waals surface area contributed by atoms with Gasteiger partial charge in [0.1, 0.15) is 0 Å². The van der Waals surface area contributed by atoms with Crippen molar-refractivity contribution in [3.05, 3.63) is 95.1 Å². The largest absolute Gasteiger partial charge is 0.351 e. The summed E-state index contributed by atoms with van der Waals surface area (Å²) in [7, 11) is -3.66. The van der Waals surface area contributed by atoms with Gasteiger partial charge in [-0.15, -0.1) is 0 Å². The van der Waals surface area contributed by atoms with Gasteiger partial charge in [-0.2, -0.15) is 0 Å². The van der Waals surface area contributed by atoms with Gasteiger partial charge in [0.25, 0.3) is 10.0 Å². The molecule has 1 fully saturated rings. The topological polar surface area (TPSA) is 75.3 Å². The van der Waals surface area contributed by atoms with Crippen molar-refractivity contribution in [1.29, 1.82) is 0 Å². The quantitative estimate of drug-likeness (QED) is 0.536. The number of carbonyl (C=O) groups excluding carboxylic acids is 1. The standard InChI is InChI=1S/C27H28N2O3S/c30-26(28-19-20-6-2-1-3-7-20)27(16-17-27)23-11-13-24(14-12-23)29-33(31,32)25-15-10-21-8-4-5-9-22(21)18-25/h1-3,6-7,10-15,18,29H,4-5,8-9,16-17,19H2,(H,28,30). The molecule has 1 saturated carbocycles. The Morgan fingerprint density at radius 3 is 2.24 bits per heavy atom. The highest BCUT2D eigenvalue weighted by Crippen LogP contribution is 2.48. The molecule has 3 aromatic carbocycles. The van der Waals surface area contributed by atoms with Gasteiger partial charge in [-0.05, 0) is 85.0 Å². The van der Waals surface area contributed by atoms with Crippen molar-refractivity contribution in [2.24, 2.45) is 0 Å². The van der Waals surface area contributed by atoms with E-state index in [0.717, 1.165) is 55.2 Å². The molecule has 6 heteroatoms. The second kappa shape index (κ2) is 8.67. The first-order valence-electron chi connectivity index (χ1n) is 11.5. The van der Waals surface area contributed by atoms with Gasteiger partial charge >= 0.3 is 0 Å². The van der Waals surface area contributed by atoms with Crippen molar-refractivity contribution < 1.29 is 13.2 Å². The smallest absolute Gasteiger partial charge is 0.261 e. The fourth-order valence-corrected chi connectivity index (χ4v) is 5.78. The number of aryl methyl sites for hydroxylation is 2. The van der Waals surface area contributed by atoms with Crippen LogP contribution in [-0.4, -0.2) is 14.3 Å². The van der Waals surface area contributed by atoms with Crippen LogP contribution < -0.4 is 10.0 Å². The van der Waals surface area contributed by atoms with Crippen molar-refractivity contribution in [1.82, 2.24) is 5.32 Å². The molecule has 0 radical (unpaired) electrons. The van der Waals surface area contributed by atoms with Gasteiger partial charge in [-0.1, -0.05) is 48.5 Å². The number of hydrogen-bond acceptors (Lipinski definition) is 3. The lowest BCUT2D eigenvalue weighted by Gasteiger charge is -2.18. The number of benzene rings is 3. The molecule has 0 atom stereocenters. The number of anilines is 1. The average molecular weight is 461 g/mol. The minimum absolute atomic E-state index is 0.0220. The minimum atomic E-state index is -3.66. The van der Waals surface area contributed by atoms with Crippen LogP contribution in [0.25, 0.3) is 0 Å². The van der Waals surface area contributed by atoms with Crippen LogP contribution in [0.4, 0.5) is 5.69 Å². The minimum Gasteiger partial charge on any atom is -0.351 e. The van der Waals surface area contributed by atoms with Crippen LogP contribution in [0.15, 0.2) is 77.7 Å². The maximum Gasteiger partial charge on any atom is 0.261 e. The molecule has 5 rings (SSSR count). The third kappa shape index (κ3) is 4.53. The van der Waals surface area contributed by atoms with Crippen LogP contribution in [0.5, 0.6) is 0 Å². The monoisotopic (exact) mass is 460 g/mol. The van der Waals surface area contributed by atoms with Crippen molar-refractivity contribution in [2.45, 2.75) is 55.4 Å². The summed E-state index contributed by atoms with van der Waals surface area (Å²) in [6, 6.07) is 22.5. The zero-order valence-electron chi connectivity index (χ0n) is 18.5. The third-order valence-corrected chi connectivity index (χ3v) is 8.18. The van der Waals surface area contributed by atoms with E-state index in [1.807, 2.05) is 54.6 Å². The van der Waals surface area contributed by atoms with Crippen molar-refractivity contribution in [3.63, 3.8) is 0 Å². The van der Waals surface area contributed by atoms with Gasteiger partial charge < -0.3 is 5.32 Å². The maximum atomic E-state index is 12.9. The van der Waals surface area contributed by atoms with E-state index in [0.29, 0.717) is 17.1 Å². The molecule has 0 unspecified atom stereocenters. The second-order valence-electron chi connectivity index (χ2n) is 9.07. The van der Waals surface area contributed by atoms with Crippen molar-refractivity contribution >= 4 is 21.6 Å². The highest BCUT2D eigenvalue weighted by atomic mass is 32.2. The molecule has 0 aliphatic heterocycles. The molecule has 2 N–H and O–H groups in total. The van der Waals surface area contributed by atoms with Gasteiger partial charge in [0, 0.05) is 12.2 Å². The first-order valence-corrected chi connectivity index (χ1v) is 13.0. The van der Waals surface area contributed by atoms with Crippen LogP contribution >= 0.6 is 0 Å². The number of carbonyl (C=O) groups is 1. The van der Waals surface area contributed by atoms with E-state index in [1.54, 1.807) is 18.2 Å². The van der Waals surface area contributed by atoms with E-state index in [1.165, 1.54) is 5.56 Å². The maximum absolute atomic E-state index is 12.9. The molecule has 0 saturated heterocycles. The van der Waals surface area contributed by atoms with E-state index in [9.17, 15) is 13.2 Å². The number of amides is 1. The Morgan fingerprint density at radius 2 is 1.55 bits per heavy atom. The van der Waals surface area contributed by atoms with E-state index in [-0.39, 0.29) is 5.91 Å². The number of fused-ring (bicyclic) bond motifs is 1. The Labute approximate surface area is 195 Å². The van der Waals surface area contributed by atoms with Gasteiger partial charge in [-0.3, -0.25) is 9.52 Å². The summed E-state index contributed by atoms with van der Waals surface area (Å²) >= 11 is 0. The van der Waals surface area contributed by atoms with Gasteiger partial charge in [0.15, 0.2) is 0 Å². The lowest BCUT2D eigenvalue weighted by Crippen LogP contribution is -2.34. The zero-order chi connectivity index (χ0) is 22.9. The predicted octanol–water partition coefficient (Wildman–Crippen LogP) is 4.71. The van der Waals surface area contributed by atoms with Gasteiger partial charge in [-0.25, -0.2) is 8.42 Å². The first-order chi connectivity index (χ1) is 16.0. The summed E-state index contributed by atoms with van der Waals surface area (Å²) in [5.74, 6) is 0.0220. The number of sulfonamides is 1. The van der Waals surface area contributed by atoms with Crippen LogP contribution in [0.1, 0.15) is 47.9 Å². The molecular weight excluding hydrogens is 432 g/mol. The number of rotatable bonds is 7. The highest BCUT2D eigenvalue weighted by molar-refractivity contribution is 7.92. The number of hydrogen-bond donors (Lipinski definition) is 2. The fraction of sp³-hybridized carbons (Fsp3) is 0.296. The average Bonchev–Trinajstić information content (AvgIpc) is 3.65. The molecule has 1 amide bonds. The summed E-state index contributed by atoms with van der Waals surface area (Å²) in [4.78, 5) is 13.2. The summed E-state index contributed by atoms with van der Waals surface area (Å²) < 4.78 is 28.6. The Balaban J connectivity index is 1.27. The highest BCUT2D eigenvalue weighted by Gasteiger charge is 2.51. The van der Waals surface area contributed by atoms with E-state index >= 15 is 0 Å². The van der Waals surface area contributed by atoms with Crippen molar-refractivity contribution in [2.75, 3.05) is 4.72 Å². The lowest BCUT2D eigenvalue weighted by molar-refractivity contribution is -0.123. The molecule has 0 heterocycles. The third-order valence-electron chi connectivity index (χ3n) is 6.80. The molecule has 0 aromatic heterocycles. The van der Waals surface area contributed by atoms with Crippen LogP contribution in [0.3, 0.4) is 0 Å². The normalized spacial score (nSPS) is 16.5. The molecule has 0 bridgehead atoms. The summed E-state index contributed by atoms with van der Waals surface area (Å²) in [6.07, 6.45) is 5.82. The lowest BCUT2D eigenvalue weighted by atomic mass is 9.92. The van der Waals surface area contributed by atoms with E-state index in [2.05, 4.69) is 10.0 Å². The second-order valence-corrected chi connectivity index (χ2v) is 10.8. The van der Waals surface area contributed by atoms with Gasteiger partial charge in [0.05, 0.1) is 10.3 Å². The molecule has 3 aromatic rings. The molecule has 33 heavy (non-hydrogen) atoms. The molecule has 170 valence electrons. The Hall–Kier alpha value is -3.12. The molecule has 2 aliphatic carbocycles. The fourth-order valence-electron chi connectivity index (χ4n) is 4.67. The van der Waals surface area contributed by atoms with Crippen LogP contribution in [-0.2, 0) is 39.6 Å². The number of nitrogens with one attached hydrogen (secondary N) is 2. The van der Waals surface area contributed by atoms with Crippen LogP contribution in [0.2, 0.25) is 0 Å². The summed E-state index contributed by atoms with van der Waals surface area (Å²) in [5, 5.41) is 3.05. The Bertz CT molecular complexity index is 1260. The SMILES string of the molecule is O=C(NCc1ccccc1)C1(c2ccc(NS(=O)(=O)c3ccc4c(c3)CCCC4)cc2)CC1. The molecule has 2 aliphatic rings. The summed E-state index contributed by atoms with van der Waals surface area (Å²) in [5.41, 5.74) is 4.36. The van der Waals surface area contributed by atoms with E-state index < -0.39 is 15.4 Å². The predicted molar refractivity (Wildman–Crippen MR) is 130 cm³/mol. The molecular formula is C27H28N2O3S. The molecule has 0 spiro atoms. The Kier molecular flexibility index (Phi) is 5.71. The zero-order valence-corrected chi connectivity index (χ0v) is 19.3. The Morgan fingerprint density at radius 1 is 0.848 bits per heavy atom. The van der Waals surface area contributed by atoms with Crippen LogP contribution in [0, 0.1) is 0 Å². The van der Waals surface area contributed by atoms with Gasteiger partial charge in [0.2, 0.25) is 5.91 Å². The van der Waals surface area contributed by atoms with E-state index in [4.69, 9.17) is 0 Å². The molecule has 5 nitrogen and oxygen atoms in total. The van der Waals surface area contributed by atoms with Crippen molar-refractivity contribution in [3.8, 4) is 0 Å².